The van der Waals surface area contributed by atoms with Crippen LogP contribution in [0.4, 0.5) is 5.69 Å². The van der Waals surface area contributed by atoms with Crippen LogP contribution in [0.2, 0.25) is 10.0 Å². The van der Waals surface area contributed by atoms with Crippen LogP contribution in [0.5, 0.6) is 0 Å². The zero-order chi connectivity index (χ0) is 32.0. The van der Waals surface area contributed by atoms with Crippen LogP contribution in [0.1, 0.15) is 27.8 Å². The van der Waals surface area contributed by atoms with E-state index in [2.05, 4.69) is 5.32 Å². The van der Waals surface area contributed by atoms with Crippen molar-refractivity contribution in [3.8, 4) is 0 Å². The van der Waals surface area contributed by atoms with Crippen LogP contribution in [0.3, 0.4) is 0 Å². The Morgan fingerprint density at radius 2 is 1.50 bits per heavy atom. The molecule has 0 unspecified atom stereocenters. The summed E-state index contributed by atoms with van der Waals surface area (Å²) in [5.74, 6) is -0.968. The lowest BCUT2D eigenvalue weighted by Crippen LogP contribution is -2.53. The largest absolute Gasteiger partial charge is 0.357 e. The molecule has 4 rings (SSSR count). The van der Waals surface area contributed by atoms with E-state index in [-0.39, 0.29) is 17.9 Å². The Balaban J connectivity index is 1.84. The third kappa shape index (κ3) is 7.80. The third-order valence-corrected chi connectivity index (χ3v) is 9.76. The average molecular weight is 653 g/mol. The van der Waals surface area contributed by atoms with E-state index in [1.165, 1.54) is 24.1 Å². The van der Waals surface area contributed by atoms with Gasteiger partial charge in [0.25, 0.3) is 10.0 Å². The molecule has 1 atom stereocenters. The second-order valence-corrected chi connectivity index (χ2v) is 13.4. The van der Waals surface area contributed by atoms with Crippen molar-refractivity contribution in [2.24, 2.45) is 0 Å². The minimum atomic E-state index is -4.19. The molecule has 4 aromatic rings. The highest BCUT2D eigenvalue weighted by molar-refractivity contribution is 7.92. The number of nitrogens with zero attached hydrogens (tertiary/aromatic N) is 2. The van der Waals surface area contributed by atoms with Gasteiger partial charge >= 0.3 is 0 Å². The number of nitrogens with one attached hydrogen (secondary N) is 1. The molecule has 0 spiro atoms. The lowest BCUT2D eigenvalue weighted by atomic mass is 10.0. The lowest BCUT2D eigenvalue weighted by Gasteiger charge is -2.34. The molecule has 0 heterocycles. The van der Waals surface area contributed by atoms with Crippen LogP contribution in [-0.2, 0) is 32.6 Å². The van der Waals surface area contributed by atoms with E-state index >= 15 is 0 Å². The van der Waals surface area contributed by atoms with Crippen molar-refractivity contribution in [3.63, 3.8) is 0 Å². The molecule has 0 bridgehead atoms. The summed E-state index contributed by atoms with van der Waals surface area (Å²) in [7, 11) is -2.69. The van der Waals surface area contributed by atoms with Crippen LogP contribution in [0.25, 0.3) is 0 Å². The molecule has 0 fully saturated rings. The number of benzene rings is 4. The third-order valence-electron chi connectivity index (χ3n) is 7.39. The summed E-state index contributed by atoms with van der Waals surface area (Å²) in [6.45, 7) is 4.93. The van der Waals surface area contributed by atoms with Gasteiger partial charge in [-0.1, -0.05) is 89.4 Å². The monoisotopic (exact) mass is 651 g/mol. The number of anilines is 1. The first-order valence-electron chi connectivity index (χ1n) is 14.1. The number of carbonyl (C=O) groups excluding carboxylic acids is 2. The van der Waals surface area contributed by atoms with Gasteiger partial charge in [-0.2, -0.15) is 0 Å². The molecule has 10 heteroatoms. The van der Waals surface area contributed by atoms with Crippen LogP contribution >= 0.6 is 23.2 Å². The standard InChI is InChI=1S/C34H35Cl2N3O4S/c1-23-11-16-29(17-12-23)44(42,43)39(31-18-24(2)10-13-25(31)3)22-33(40)38(21-27-14-15-28(35)20-30(27)36)32(34(41)37-4)19-26-8-6-5-7-9-26/h5-18,20,32H,19,21-22H2,1-4H3,(H,37,41)/t32-/m0/s1. The summed E-state index contributed by atoms with van der Waals surface area (Å²) in [6, 6.07) is 25.2. The van der Waals surface area contributed by atoms with Crippen LogP contribution in [0, 0.1) is 20.8 Å². The number of amides is 2. The highest BCUT2D eigenvalue weighted by Crippen LogP contribution is 2.30. The van der Waals surface area contributed by atoms with Gasteiger partial charge in [0.15, 0.2) is 0 Å². The van der Waals surface area contributed by atoms with Crippen molar-refractivity contribution in [2.75, 3.05) is 17.9 Å². The highest BCUT2D eigenvalue weighted by Gasteiger charge is 2.35. The Kier molecular flexibility index (Phi) is 10.7. The maximum absolute atomic E-state index is 14.5. The maximum Gasteiger partial charge on any atom is 0.264 e. The molecule has 1 N–H and O–H groups in total. The number of halogens is 2. The van der Waals surface area contributed by atoms with E-state index in [0.717, 1.165) is 21.0 Å². The fraction of sp³-hybridized carbons (Fsp3) is 0.235. The minimum absolute atomic E-state index is 0.0506. The van der Waals surface area contributed by atoms with Gasteiger partial charge in [0, 0.05) is 30.1 Å². The summed E-state index contributed by atoms with van der Waals surface area (Å²) in [5.41, 5.74) is 4.19. The quantitative estimate of drug-likeness (QED) is 0.201. The number of carbonyl (C=O) groups is 2. The summed E-state index contributed by atoms with van der Waals surface area (Å²) in [4.78, 5) is 29.3. The maximum atomic E-state index is 14.5. The first kappa shape index (κ1) is 33.1. The fourth-order valence-electron chi connectivity index (χ4n) is 4.89. The topological polar surface area (TPSA) is 86.8 Å². The Morgan fingerprint density at radius 1 is 0.841 bits per heavy atom. The minimum Gasteiger partial charge on any atom is -0.357 e. The van der Waals surface area contributed by atoms with E-state index in [1.54, 1.807) is 43.3 Å². The van der Waals surface area contributed by atoms with Crippen molar-refractivity contribution >= 4 is 50.7 Å². The lowest BCUT2D eigenvalue weighted by molar-refractivity contribution is -0.139. The first-order chi connectivity index (χ1) is 20.9. The molecular formula is C34H35Cl2N3O4S. The molecule has 0 radical (unpaired) electrons. The van der Waals surface area contributed by atoms with Crippen molar-refractivity contribution < 1.29 is 18.0 Å². The Hall–Kier alpha value is -3.85. The first-order valence-corrected chi connectivity index (χ1v) is 16.3. The van der Waals surface area contributed by atoms with Crippen LogP contribution in [-0.4, -0.2) is 44.8 Å². The Morgan fingerprint density at radius 3 is 2.14 bits per heavy atom. The molecule has 2 amide bonds. The summed E-state index contributed by atoms with van der Waals surface area (Å²) in [5, 5.41) is 3.42. The number of likely N-dealkylation sites (N-methyl/N-ethyl adjacent to an activating group) is 1. The molecule has 7 nitrogen and oxygen atoms in total. The summed E-state index contributed by atoms with van der Waals surface area (Å²) >= 11 is 12.7. The van der Waals surface area contributed by atoms with E-state index in [0.29, 0.717) is 26.9 Å². The number of hydrogen-bond donors (Lipinski definition) is 1. The Bertz CT molecular complexity index is 1750. The highest BCUT2D eigenvalue weighted by atomic mass is 35.5. The van der Waals surface area contributed by atoms with Gasteiger partial charge in [-0.05, 0) is 73.4 Å². The summed E-state index contributed by atoms with van der Waals surface area (Å²) < 4.78 is 29.5. The molecular weight excluding hydrogens is 617 g/mol. The van der Waals surface area contributed by atoms with Crippen LogP contribution < -0.4 is 9.62 Å². The number of sulfonamides is 1. The molecule has 0 saturated heterocycles. The van der Waals surface area contributed by atoms with Gasteiger partial charge in [-0.25, -0.2) is 8.42 Å². The molecule has 0 aliphatic heterocycles. The van der Waals surface area contributed by atoms with E-state index in [1.807, 2.05) is 56.3 Å². The van der Waals surface area contributed by atoms with Gasteiger partial charge < -0.3 is 10.2 Å². The SMILES string of the molecule is CNC(=O)[C@H](Cc1ccccc1)N(Cc1ccc(Cl)cc1Cl)C(=O)CN(c1cc(C)ccc1C)S(=O)(=O)c1ccc(C)cc1. The van der Waals surface area contributed by atoms with Gasteiger partial charge in [-0.15, -0.1) is 0 Å². The van der Waals surface area contributed by atoms with Crippen LogP contribution in [0.15, 0.2) is 95.9 Å². The molecule has 230 valence electrons. The second-order valence-electron chi connectivity index (χ2n) is 10.7. The molecule has 4 aromatic carbocycles. The molecule has 0 aliphatic carbocycles. The van der Waals surface area contributed by atoms with E-state index in [4.69, 9.17) is 23.2 Å². The van der Waals surface area contributed by atoms with Crippen molar-refractivity contribution in [1.82, 2.24) is 10.2 Å². The van der Waals surface area contributed by atoms with E-state index in [9.17, 15) is 18.0 Å². The predicted molar refractivity (Wildman–Crippen MR) is 177 cm³/mol. The molecule has 0 aliphatic rings. The number of rotatable bonds is 11. The zero-order valence-corrected chi connectivity index (χ0v) is 27.4. The van der Waals surface area contributed by atoms with Crippen molar-refractivity contribution in [2.45, 2.75) is 44.7 Å². The van der Waals surface area contributed by atoms with Gasteiger partial charge in [0.1, 0.15) is 12.6 Å². The fourth-order valence-corrected chi connectivity index (χ4v) is 6.83. The van der Waals surface area contributed by atoms with Gasteiger partial charge in [0.05, 0.1) is 10.6 Å². The molecule has 0 aromatic heterocycles. The van der Waals surface area contributed by atoms with Crippen molar-refractivity contribution in [3.05, 3.63) is 129 Å². The van der Waals surface area contributed by atoms with Gasteiger partial charge in [-0.3, -0.25) is 13.9 Å². The summed E-state index contributed by atoms with van der Waals surface area (Å²) in [6.07, 6.45) is 0.200. The van der Waals surface area contributed by atoms with E-state index < -0.39 is 34.4 Å². The number of aryl methyl sites for hydroxylation is 3. The molecule has 0 saturated carbocycles. The molecule has 44 heavy (non-hydrogen) atoms. The Labute approximate surface area is 269 Å². The average Bonchev–Trinajstić information content (AvgIpc) is 3.00. The predicted octanol–water partition coefficient (Wildman–Crippen LogP) is 6.50. The normalized spacial score (nSPS) is 12.0. The second kappa shape index (κ2) is 14.3. The number of hydrogen-bond acceptors (Lipinski definition) is 4. The van der Waals surface area contributed by atoms with Gasteiger partial charge in [0.2, 0.25) is 11.8 Å². The zero-order valence-electron chi connectivity index (χ0n) is 25.1. The smallest absolute Gasteiger partial charge is 0.264 e. The van der Waals surface area contributed by atoms with Crippen molar-refractivity contribution in [1.29, 1.82) is 0 Å².